The molecule has 1 N–H and O–H groups in total. The maximum absolute atomic E-state index is 8.98. The van der Waals surface area contributed by atoms with Crippen LogP contribution in [0, 0.1) is 0 Å². The summed E-state index contributed by atoms with van der Waals surface area (Å²) in [5, 5.41) is 8.98. The van der Waals surface area contributed by atoms with Crippen LogP contribution in [0.25, 0.3) is 0 Å². The van der Waals surface area contributed by atoms with Gasteiger partial charge in [0, 0.05) is 5.92 Å². The summed E-state index contributed by atoms with van der Waals surface area (Å²) in [6.07, 6.45) is 2.09. The summed E-state index contributed by atoms with van der Waals surface area (Å²) in [6, 6.07) is 35.3. The monoisotopic (exact) mass is 422 g/mol. The molecule has 3 heteroatoms. The van der Waals surface area contributed by atoms with Gasteiger partial charge in [-0.15, -0.1) is 0 Å². The van der Waals surface area contributed by atoms with E-state index in [0.29, 0.717) is 18.3 Å². The third-order valence-corrected chi connectivity index (χ3v) is 6.40. The van der Waals surface area contributed by atoms with Crippen LogP contribution in [0.3, 0.4) is 0 Å². The highest BCUT2D eigenvalue weighted by molar-refractivity contribution is 5.48. The average molecular weight is 423 g/mol. The Labute approximate surface area is 188 Å². The molecular formula is C29H26O3. The lowest BCUT2D eigenvalue weighted by Gasteiger charge is -2.35. The predicted octanol–water partition coefficient (Wildman–Crippen LogP) is 6.98. The van der Waals surface area contributed by atoms with Crippen molar-refractivity contribution in [3.63, 3.8) is 0 Å². The second kappa shape index (κ2) is 9.29. The second-order valence-electron chi connectivity index (χ2n) is 8.33. The highest BCUT2D eigenvalue weighted by Crippen LogP contribution is 2.47. The van der Waals surface area contributed by atoms with Gasteiger partial charge in [0.25, 0.3) is 0 Å². The Morgan fingerprint density at radius 1 is 0.719 bits per heavy atom. The van der Waals surface area contributed by atoms with Crippen molar-refractivity contribution in [3.05, 3.63) is 131 Å². The van der Waals surface area contributed by atoms with E-state index in [9.17, 15) is 0 Å². The Kier molecular flexibility index (Phi) is 5.91. The van der Waals surface area contributed by atoms with Gasteiger partial charge in [-0.05, 0) is 70.8 Å². The fourth-order valence-electron chi connectivity index (χ4n) is 4.83. The lowest BCUT2D eigenvalue weighted by atomic mass is 9.69. The van der Waals surface area contributed by atoms with Gasteiger partial charge in [-0.25, -0.2) is 5.26 Å². The van der Waals surface area contributed by atoms with E-state index in [4.69, 9.17) is 9.99 Å². The molecule has 0 amide bonds. The van der Waals surface area contributed by atoms with Gasteiger partial charge in [0.05, 0.1) is 0 Å². The summed E-state index contributed by atoms with van der Waals surface area (Å²) in [6.45, 7) is 0.568. The fraction of sp³-hybridized carbons (Fsp3) is 0.172. The molecule has 2 atom stereocenters. The van der Waals surface area contributed by atoms with E-state index in [0.717, 1.165) is 18.6 Å². The Bertz CT molecular complexity index is 1150. The molecule has 5 rings (SSSR count). The van der Waals surface area contributed by atoms with E-state index in [1.165, 1.54) is 27.8 Å². The van der Waals surface area contributed by atoms with Gasteiger partial charge >= 0.3 is 0 Å². The number of hydrogen-bond donors (Lipinski definition) is 1. The number of fused-ring (bicyclic) bond motifs is 1. The van der Waals surface area contributed by atoms with Crippen molar-refractivity contribution in [2.45, 2.75) is 31.3 Å². The summed E-state index contributed by atoms with van der Waals surface area (Å²) >= 11 is 0. The number of benzene rings is 4. The molecular weight excluding hydrogens is 396 g/mol. The van der Waals surface area contributed by atoms with Crippen molar-refractivity contribution in [3.8, 4) is 11.5 Å². The number of hydrogen-bond acceptors (Lipinski definition) is 3. The lowest BCUT2D eigenvalue weighted by Crippen LogP contribution is -2.20. The van der Waals surface area contributed by atoms with Crippen LogP contribution >= 0.6 is 0 Å². The minimum atomic E-state index is 0.233. The van der Waals surface area contributed by atoms with E-state index in [2.05, 4.69) is 77.7 Å². The SMILES string of the molecule is OOc1ccc([C@@H]2c3ccc(OCc4ccccc4)cc3CC[C@@H]2c2ccccc2)cc1. The molecule has 0 fully saturated rings. The van der Waals surface area contributed by atoms with Crippen LogP contribution in [0.5, 0.6) is 11.5 Å². The molecule has 1 aliphatic carbocycles. The number of rotatable bonds is 6. The number of ether oxygens (including phenoxy) is 1. The third kappa shape index (κ3) is 4.25. The first kappa shape index (κ1) is 20.3. The molecule has 0 unspecified atom stereocenters. The Morgan fingerprint density at radius 2 is 1.41 bits per heavy atom. The third-order valence-electron chi connectivity index (χ3n) is 6.40. The van der Waals surface area contributed by atoms with Crippen LogP contribution in [0.4, 0.5) is 0 Å². The second-order valence-corrected chi connectivity index (χ2v) is 8.33. The number of aryl methyl sites for hydroxylation is 1. The molecule has 1 aliphatic rings. The fourth-order valence-corrected chi connectivity index (χ4v) is 4.83. The molecule has 4 aromatic carbocycles. The van der Waals surface area contributed by atoms with Crippen molar-refractivity contribution in [1.29, 1.82) is 0 Å². The first-order valence-electron chi connectivity index (χ1n) is 11.1. The minimum absolute atomic E-state index is 0.233. The largest absolute Gasteiger partial charge is 0.489 e. The quantitative estimate of drug-likeness (QED) is 0.269. The molecule has 0 aliphatic heterocycles. The zero-order valence-electron chi connectivity index (χ0n) is 17.9. The van der Waals surface area contributed by atoms with Gasteiger partial charge < -0.3 is 9.62 Å². The molecule has 0 bridgehead atoms. The van der Waals surface area contributed by atoms with Crippen molar-refractivity contribution < 1.29 is 14.9 Å². The standard InChI is InChI=1S/C29H26O3/c30-32-25-14-11-23(12-15-25)29-27(22-9-5-2-6-10-22)17-13-24-19-26(16-18-28(24)29)31-20-21-7-3-1-4-8-21/h1-12,14-16,18-19,27,29-30H,13,17,20H2/t27-,29+/m1/s1. The zero-order chi connectivity index (χ0) is 21.8. The van der Waals surface area contributed by atoms with E-state index in [1.807, 2.05) is 30.3 Å². The maximum Gasteiger partial charge on any atom is 0.165 e. The minimum Gasteiger partial charge on any atom is -0.489 e. The van der Waals surface area contributed by atoms with Crippen LogP contribution in [0.1, 0.15) is 46.1 Å². The molecule has 0 aromatic heterocycles. The Balaban J connectivity index is 1.48. The van der Waals surface area contributed by atoms with Crippen LogP contribution in [0.15, 0.2) is 103 Å². The van der Waals surface area contributed by atoms with Gasteiger partial charge in [0.2, 0.25) is 0 Å². The molecule has 32 heavy (non-hydrogen) atoms. The molecule has 0 saturated carbocycles. The summed E-state index contributed by atoms with van der Waals surface area (Å²) in [7, 11) is 0. The van der Waals surface area contributed by atoms with E-state index in [-0.39, 0.29) is 5.92 Å². The van der Waals surface area contributed by atoms with Gasteiger partial charge in [-0.2, -0.15) is 0 Å². The molecule has 0 radical (unpaired) electrons. The van der Waals surface area contributed by atoms with Gasteiger partial charge in [-0.3, -0.25) is 0 Å². The van der Waals surface area contributed by atoms with Crippen molar-refractivity contribution >= 4 is 0 Å². The predicted molar refractivity (Wildman–Crippen MR) is 126 cm³/mol. The molecule has 160 valence electrons. The van der Waals surface area contributed by atoms with Crippen molar-refractivity contribution in [1.82, 2.24) is 0 Å². The zero-order valence-corrected chi connectivity index (χ0v) is 17.9. The Morgan fingerprint density at radius 3 is 2.12 bits per heavy atom. The van der Waals surface area contributed by atoms with Gasteiger partial charge in [-0.1, -0.05) is 78.9 Å². The maximum atomic E-state index is 8.98. The first-order valence-corrected chi connectivity index (χ1v) is 11.1. The van der Waals surface area contributed by atoms with E-state index < -0.39 is 0 Å². The molecule has 3 nitrogen and oxygen atoms in total. The van der Waals surface area contributed by atoms with E-state index in [1.54, 1.807) is 0 Å². The van der Waals surface area contributed by atoms with Gasteiger partial charge in [0.15, 0.2) is 5.75 Å². The van der Waals surface area contributed by atoms with Crippen LogP contribution < -0.4 is 9.62 Å². The Hall–Kier alpha value is -3.56. The first-order chi connectivity index (χ1) is 15.8. The van der Waals surface area contributed by atoms with Crippen molar-refractivity contribution in [2.75, 3.05) is 0 Å². The summed E-state index contributed by atoms with van der Waals surface area (Å²) < 4.78 is 6.10. The molecule has 0 heterocycles. The highest BCUT2D eigenvalue weighted by atomic mass is 17.1. The highest BCUT2D eigenvalue weighted by Gasteiger charge is 2.32. The lowest BCUT2D eigenvalue weighted by molar-refractivity contribution is -0.137. The van der Waals surface area contributed by atoms with E-state index >= 15 is 0 Å². The molecule has 4 aromatic rings. The van der Waals surface area contributed by atoms with Crippen LogP contribution in [0.2, 0.25) is 0 Å². The molecule has 0 saturated heterocycles. The van der Waals surface area contributed by atoms with Crippen LogP contribution in [-0.2, 0) is 13.0 Å². The summed E-state index contributed by atoms with van der Waals surface area (Å²) in [5.41, 5.74) is 6.43. The van der Waals surface area contributed by atoms with Gasteiger partial charge in [0.1, 0.15) is 12.4 Å². The topological polar surface area (TPSA) is 38.7 Å². The molecule has 0 spiro atoms. The van der Waals surface area contributed by atoms with Crippen LogP contribution in [-0.4, -0.2) is 5.26 Å². The smallest absolute Gasteiger partial charge is 0.165 e. The van der Waals surface area contributed by atoms with Crippen molar-refractivity contribution in [2.24, 2.45) is 0 Å². The average Bonchev–Trinajstić information content (AvgIpc) is 2.88. The summed E-state index contributed by atoms with van der Waals surface area (Å²) in [4.78, 5) is 4.40. The normalized spacial score (nSPS) is 17.4. The summed E-state index contributed by atoms with van der Waals surface area (Å²) in [5.74, 6) is 1.98.